The number of para-hydroxylation sites is 1. The van der Waals surface area contributed by atoms with Gasteiger partial charge in [-0.1, -0.05) is 24.3 Å². The second-order valence-corrected chi connectivity index (χ2v) is 4.55. The quantitative estimate of drug-likeness (QED) is 0.804. The number of anilines is 1. The van der Waals surface area contributed by atoms with Crippen LogP contribution < -0.4 is 5.32 Å². The average molecular weight is 239 g/mol. The van der Waals surface area contributed by atoms with Gasteiger partial charge in [-0.3, -0.25) is 4.79 Å². The topological polar surface area (TPSA) is 49.3 Å². The number of fused-ring (bicyclic) bond motifs is 1. The summed E-state index contributed by atoms with van der Waals surface area (Å²) in [6.07, 6.45) is 0. The number of aryl methyl sites for hydroxylation is 1. The van der Waals surface area contributed by atoms with Crippen molar-refractivity contribution in [2.45, 2.75) is 12.8 Å². The summed E-state index contributed by atoms with van der Waals surface area (Å²) in [4.78, 5) is 12.1. The molecule has 1 heterocycles. The Morgan fingerprint density at radius 2 is 1.89 bits per heavy atom. The van der Waals surface area contributed by atoms with Crippen molar-refractivity contribution in [3.05, 3.63) is 59.2 Å². The van der Waals surface area contributed by atoms with Crippen LogP contribution >= 0.6 is 0 Å². The highest BCUT2D eigenvalue weighted by Gasteiger charge is 2.32. The summed E-state index contributed by atoms with van der Waals surface area (Å²) in [5.74, 6) is -0.0604. The predicted molar refractivity (Wildman–Crippen MR) is 69.8 cm³/mol. The second-order valence-electron chi connectivity index (χ2n) is 4.55. The number of aromatic hydroxyl groups is 1. The molecule has 0 radical (unpaired) electrons. The van der Waals surface area contributed by atoms with Gasteiger partial charge in [0.15, 0.2) is 0 Å². The fraction of sp³-hybridized carbons (Fsp3) is 0.133. The Bertz CT molecular complexity index is 634. The van der Waals surface area contributed by atoms with Gasteiger partial charge in [-0.05, 0) is 41.8 Å². The van der Waals surface area contributed by atoms with Crippen molar-refractivity contribution >= 4 is 11.6 Å². The van der Waals surface area contributed by atoms with Crippen molar-refractivity contribution < 1.29 is 9.90 Å². The van der Waals surface area contributed by atoms with E-state index in [4.69, 9.17) is 0 Å². The molecule has 3 rings (SSSR count). The van der Waals surface area contributed by atoms with Gasteiger partial charge in [-0.25, -0.2) is 0 Å². The molecule has 0 spiro atoms. The smallest absolute Gasteiger partial charge is 0.236 e. The molecule has 2 aromatic carbocycles. The van der Waals surface area contributed by atoms with Crippen LogP contribution in [0, 0.1) is 6.92 Å². The first-order valence-electron chi connectivity index (χ1n) is 5.86. The lowest BCUT2D eigenvalue weighted by Crippen LogP contribution is -2.14. The molecule has 0 fully saturated rings. The zero-order valence-corrected chi connectivity index (χ0v) is 9.97. The third-order valence-corrected chi connectivity index (χ3v) is 3.36. The molecular weight excluding hydrogens is 226 g/mol. The first-order chi connectivity index (χ1) is 8.66. The highest BCUT2D eigenvalue weighted by Crippen LogP contribution is 2.38. The Labute approximate surface area is 105 Å². The number of carbonyl (C=O) groups is 1. The fourth-order valence-electron chi connectivity index (χ4n) is 2.50. The molecule has 1 unspecified atom stereocenters. The lowest BCUT2D eigenvalue weighted by molar-refractivity contribution is -0.116. The summed E-state index contributed by atoms with van der Waals surface area (Å²) >= 11 is 0. The number of phenolic OH excluding ortho intramolecular Hbond substituents is 1. The van der Waals surface area contributed by atoms with Crippen molar-refractivity contribution in [1.82, 2.24) is 0 Å². The Balaban J connectivity index is 2.15. The number of phenols is 1. The molecule has 2 aromatic rings. The molecule has 1 aliphatic rings. The van der Waals surface area contributed by atoms with E-state index in [1.807, 2.05) is 37.3 Å². The highest BCUT2D eigenvalue weighted by atomic mass is 16.3. The van der Waals surface area contributed by atoms with E-state index >= 15 is 0 Å². The van der Waals surface area contributed by atoms with Gasteiger partial charge in [-0.2, -0.15) is 0 Å². The van der Waals surface area contributed by atoms with Crippen LogP contribution in [0.1, 0.15) is 22.6 Å². The van der Waals surface area contributed by atoms with Crippen molar-refractivity contribution in [1.29, 1.82) is 0 Å². The number of rotatable bonds is 1. The van der Waals surface area contributed by atoms with E-state index in [1.54, 1.807) is 12.1 Å². The SMILES string of the molecule is Cc1cc(O)ccc1C1C(=O)Nc2ccccc21. The van der Waals surface area contributed by atoms with Gasteiger partial charge in [0.25, 0.3) is 0 Å². The van der Waals surface area contributed by atoms with E-state index in [2.05, 4.69) is 5.32 Å². The fourth-order valence-corrected chi connectivity index (χ4v) is 2.50. The Morgan fingerprint density at radius 3 is 2.67 bits per heavy atom. The minimum absolute atomic E-state index is 0.00927. The van der Waals surface area contributed by atoms with Crippen LogP contribution in [0.4, 0.5) is 5.69 Å². The molecule has 1 atom stereocenters. The lowest BCUT2D eigenvalue weighted by atomic mass is 9.89. The molecule has 3 nitrogen and oxygen atoms in total. The summed E-state index contributed by atoms with van der Waals surface area (Å²) in [6.45, 7) is 1.91. The molecule has 1 amide bonds. The van der Waals surface area contributed by atoms with Gasteiger partial charge < -0.3 is 10.4 Å². The van der Waals surface area contributed by atoms with E-state index in [0.717, 1.165) is 22.4 Å². The number of carbonyl (C=O) groups excluding carboxylic acids is 1. The number of benzene rings is 2. The summed E-state index contributed by atoms with van der Waals surface area (Å²) in [5, 5.41) is 12.3. The van der Waals surface area contributed by atoms with E-state index in [1.165, 1.54) is 0 Å². The van der Waals surface area contributed by atoms with Crippen LogP contribution in [0.15, 0.2) is 42.5 Å². The van der Waals surface area contributed by atoms with Crippen LogP contribution in [0.5, 0.6) is 5.75 Å². The van der Waals surface area contributed by atoms with Gasteiger partial charge >= 0.3 is 0 Å². The number of hydrogen-bond donors (Lipinski definition) is 2. The molecule has 0 saturated heterocycles. The van der Waals surface area contributed by atoms with Crippen molar-refractivity contribution in [3.8, 4) is 5.75 Å². The third-order valence-electron chi connectivity index (χ3n) is 3.36. The molecular formula is C15H13NO2. The number of amides is 1. The van der Waals surface area contributed by atoms with Gasteiger partial charge in [0.1, 0.15) is 5.75 Å². The first kappa shape index (κ1) is 10.8. The predicted octanol–water partition coefficient (Wildman–Crippen LogP) is 2.78. The van der Waals surface area contributed by atoms with Crippen LogP contribution in [0.2, 0.25) is 0 Å². The minimum Gasteiger partial charge on any atom is -0.508 e. The summed E-state index contributed by atoms with van der Waals surface area (Å²) in [5.41, 5.74) is 3.73. The van der Waals surface area contributed by atoms with E-state index in [-0.39, 0.29) is 17.6 Å². The largest absolute Gasteiger partial charge is 0.508 e. The number of hydrogen-bond acceptors (Lipinski definition) is 2. The Kier molecular flexibility index (Phi) is 2.33. The van der Waals surface area contributed by atoms with E-state index < -0.39 is 0 Å². The van der Waals surface area contributed by atoms with Gasteiger partial charge in [-0.15, -0.1) is 0 Å². The molecule has 90 valence electrons. The van der Waals surface area contributed by atoms with Crippen LogP contribution in [0.3, 0.4) is 0 Å². The summed E-state index contributed by atoms with van der Waals surface area (Å²) < 4.78 is 0. The van der Waals surface area contributed by atoms with Crippen LogP contribution in [-0.4, -0.2) is 11.0 Å². The maximum Gasteiger partial charge on any atom is 0.236 e. The minimum atomic E-state index is -0.276. The molecule has 0 aliphatic carbocycles. The zero-order valence-electron chi connectivity index (χ0n) is 9.97. The van der Waals surface area contributed by atoms with E-state index in [0.29, 0.717) is 0 Å². The Hall–Kier alpha value is -2.29. The zero-order chi connectivity index (χ0) is 12.7. The summed E-state index contributed by atoms with van der Waals surface area (Å²) in [7, 11) is 0. The molecule has 0 saturated carbocycles. The third kappa shape index (κ3) is 1.56. The van der Waals surface area contributed by atoms with Crippen molar-refractivity contribution in [2.75, 3.05) is 5.32 Å². The normalized spacial score (nSPS) is 17.4. The summed E-state index contributed by atoms with van der Waals surface area (Å²) in [6, 6.07) is 12.8. The van der Waals surface area contributed by atoms with Crippen molar-refractivity contribution in [2.24, 2.45) is 0 Å². The first-order valence-corrected chi connectivity index (χ1v) is 5.86. The van der Waals surface area contributed by atoms with Gasteiger partial charge in [0.05, 0.1) is 5.92 Å². The molecule has 18 heavy (non-hydrogen) atoms. The van der Waals surface area contributed by atoms with Crippen LogP contribution in [0.25, 0.3) is 0 Å². The van der Waals surface area contributed by atoms with E-state index in [9.17, 15) is 9.90 Å². The molecule has 0 aromatic heterocycles. The lowest BCUT2D eigenvalue weighted by Gasteiger charge is -2.12. The molecule has 0 bridgehead atoms. The van der Waals surface area contributed by atoms with Gasteiger partial charge in [0.2, 0.25) is 5.91 Å². The standard InChI is InChI=1S/C15H13NO2/c1-9-8-10(17)6-7-11(9)14-12-4-2-3-5-13(12)16-15(14)18/h2-8,14,17H,1H3,(H,16,18). The maximum absolute atomic E-state index is 12.1. The molecule has 3 heteroatoms. The number of nitrogens with one attached hydrogen (secondary N) is 1. The molecule has 2 N–H and O–H groups in total. The second kappa shape index (κ2) is 3.88. The van der Waals surface area contributed by atoms with Gasteiger partial charge in [0, 0.05) is 5.69 Å². The molecule has 1 aliphatic heterocycles. The monoisotopic (exact) mass is 239 g/mol. The average Bonchev–Trinajstić information content (AvgIpc) is 2.66. The Morgan fingerprint density at radius 1 is 1.11 bits per heavy atom. The van der Waals surface area contributed by atoms with Crippen molar-refractivity contribution in [3.63, 3.8) is 0 Å². The highest BCUT2D eigenvalue weighted by molar-refractivity contribution is 6.05. The van der Waals surface area contributed by atoms with Crippen LogP contribution in [-0.2, 0) is 4.79 Å². The maximum atomic E-state index is 12.1.